The Morgan fingerprint density at radius 3 is 2.93 bits per heavy atom. The van der Waals surface area contributed by atoms with Crippen molar-refractivity contribution in [2.75, 3.05) is 19.7 Å². The lowest BCUT2D eigenvalue weighted by Crippen LogP contribution is -2.38. The monoisotopic (exact) mass is 213 g/mol. The molecule has 15 heavy (non-hydrogen) atoms. The first kappa shape index (κ1) is 10.9. The Hall–Kier alpha value is -0.610. The minimum Gasteiger partial charge on any atom is -0.391 e. The fraction of sp³-hybridized carbons (Fsp3) is 0.909. The van der Waals surface area contributed by atoms with Gasteiger partial charge < -0.3 is 14.7 Å². The summed E-state index contributed by atoms with van der Waals surface area (Å²) in [5.41, 5.74) is 0. The molecule has 2 saturated heterocycles. The molecule has 3 atom stereocenters. The number of carbonyl (C=O) groups is 1. The van der Waals surface area contributed by atoms with Crippen molar-refractivity contribution < 1.29 is 14.6 Å². The molecule has 3 unspecified atom stereocenters. The number of hydrogen-bond donors (Lipinski definition) is 1. The summed E-state index contributed by atoms with van der Waals surface area (Å²) in [6.07, 6.45) is 2.22. The van der Waals surface area contributed by atoms with Gasteiger partial charge in [0.05, 0.1) is 18.1 Å². The Kier molecular flexibility index (Phi) is 3.26. The van der Waals surface area contributed by atoms with E-state index < -0.39 is 0 Å². The number of carbonyl (C=O) groups excluding carboxylic acids is 1. The molecule has 2 fully saturated rings. The molecule has 4 heteroatoms. The summed E-state index contributed by atoms with van der Waals surface area (Å²) < 4.78 is 5.51. The van der Waals surface area contributed by atoms with E-state index in [1.54, 1.807) is 4.90 Å². The van der Waals surface area contributed by atoms with Crippen molar-refractivity contribution in [3.05, 3.63) is 0 Å². The number of rotatable bonds is 2. The van der Waals surface area contributed by atoms with Gasteiger partial charge in [-0.2, -0.15) is 0 Å². The predicted molar refractivity (Wildman–Crippen MR) is 55.3 cm³/mol. The number of ether oxygens (including phenoxy) is 1. The second-order valence-electron chi connectivity index (χ2n) is 4.44. The van der Waals surface area contributed by atoms with E-state index in [1.165, 1.54) is 0 Å². The maximum atomic E-state index is 12.1. The van der Waals surface area contributed by atoms with Crippen LogP contribution >= 0.6 is 0 Å². The highest BCUT2D eigenvalue weighted by molar-refractivity contribution is 5.80. The summed E-state index contributed by atoms with van der Waals surface area (Å²) in [6.45, 7) is 3.96. The molecule has 1 amide bonds. The third-order valence-electron chi connectivity index (χ3n) is 3.40. The van der Waals surface area contributed by atoms with Crippen LogP contribution in [-0.4, -0.2) is 47.8 Å². The Morgan fingerprint density at radius 1 is 1.53 bits per heavy atom. The largest absolute Gasteiger partial charge is 0.391 e. The normalized spacial score (nSPS) is 36.1. The number of hydrogen-bond acceptors (Lipinski definition) is 3. The number of aliphatic hydroxyl groups excluding tert-OH is 1. The van der Waals surface area contributed by atoms with Gasteiger partial charge in [-0.1, -0.05) is 6.92 Å². The lowest BCUT2D eigenvalue weighted by molar-refractivity contribution is -0.136. The van der Waals surface area contributed by atoms with Crippen LogP contribution in [-0.2, 0) is 9.53 Å². The van der Waals surface area contributed by atoms with Crippen LogP contribution in [0.5, 0.6) is 0 Å². The van der Waals surface area contributed by atoms with Crippen molar-refractivity contribution in [1.82, 2.24) is 4.90 Å². The molecule has 0 aromatic heterocycles. The first-order valence-electron chi connectivity index (χ1n) is 5.80. The van der Waals surface area contributed by atoms with E-state index >= 15 is 0 Å². The van der Waals surface area contributed by atoms with Crippen LogP contribution < -0.4 is 0 Å². The van der Waals surface area contributed by atoms with Gasteiger partial charge in [-0.25, -0.2) is 0 Å². The SMILES string of the molecule is CCC1OCCC1C(=O)N1CCC(O)C1. The predicted octanol–water partition coefficient (Wildman–Crippen LogP) is 0.395. The lowest BCUT2D eigenvalue weighted by atomic mass is 9.98. The van der Waals surface area contributed by atoms with Gasteiger partial charge in [0.25, 0.3) is 0 Å². The molecular weight excluding hydrogens is 194 g/mol. The van der Waals surface area contributed by atoms with Crippen molar-refractivity contribution in [2.45, 2.75) is 38.4 Å². The number of amides is 1. The third kappa shape index (κ3) is 2.16. The smallest absolute Gasteiger partial charge is 0.228 e. The molecule has 2 rings (SSSR count). The molecular formula is C11H19NO3. The molecule has 0 aromatic rings. The van der Waals surface area contributed by atoms with Gasteiger partial charge in [0.15, 0.2) is 0 Å². The van der Waals surface area contributed by atoms with Crippen LogP contribution in [0.15, 0.2) is 0 Å². The minimum atomic E-state index is -0.323. The van der Waals surface area contributed by atoms with Gasteiger partial charge in [0.1, 0.15) is 0 Å². The van der Waals surface area contributed by atoms with Crippen LogP contribution in [0, 0.1) is 5.92 Å². The molecule has 0 spiro atoms. The second kappa shape index (κ2) is 4.49. The highest BCUT2D eigenvalue weighted by Gasteiger charge is 2.37. The maximum absolute atomic E-state index is 12.1. The lowest BCUT2D eigenvalue weighted by Gasteiger charge is -2.22. The average Bonchev–Trinajstić information content (AvgIpc) is 2.84. The van der Waals surface area contributed by atoms with E-state index in [-0.39, 0.29) is 24.0 Å². The highest BCUT2D eigenvalue weighted by Crippen LogP contribution is 2.26. The molecule has 86 valence electrons. The van der Waals surface area contributed by atoms with E-state index in [0.29, 0.717) is 19.7 Å². The van der Waals surface area contributed by atoms with E-state index in [0.717, 1.165) is 19.3 Å². The molecule has 0 saturated carbocycles. The molecule has 0 aliphatic carbocycles. The summed E-state index contributed by atoms with van der Waals surface area (Å²) >= 11 is 0. The zero-order valence-corrected chi connectivity index (χ0v) is 9.19. The van der Waals surface area contributed by atoms with Gasteiger partial charge in [-0.05, 0) is 19.3 Å². The van der Waals surface area contributed by atoms with Crippen LogP contribution in [0.2, 0.25) is 0 Å². The molecule has 1 N–H and O–H groups in total. The van der Waals surface area contributed by atoms with E-state index in [4.69, 9.17) is 4.74 Å². The van der Waals surface area contributed by atoms with Crippen LogP contribution in [0.1, 0.15) is 26.2 Å². The Morgan fingerprint density at radius 2 is 2.33 bits per heavy atom. The standard InChI is InChI=1S/C11H19NO3/c1-2-10-9(4-6-15-10)11(14)12-5-3-8(13)7-12/h8-10,13H,2-7H2,1H3. The Labute approximate surface area is 90.2 Å². The van der Waals surface area contributed by atoms with Crippen LogP contribution in [0.25, 0.3) is 0 Å². The fourth-order valence-corrected chi connectivity index (χ4v) is 2.51. The number of likely N-dealkylation sites (tertiary alicyclic amines) is 1. The van der Waals surface area contributed by atoms with Gasteiger partial charge in [-0.15, -0.1) is 0 Å². The topological polar surface area (TPSA) is 49.8 Å². The van der Waals surface area contributed by atoms with Crippen molar-refractivity contribution >= 4 is 5.91 Å². The third-order valence-corrected chi connectivity index (χ3v) is 3.40. The highest BCUT2D eigenvalue weighted by atomic mass is 16.5. The van der Waals surface area contributed by atoms with E-state index in [1.807, 2.05) is 0 Å². The Balaban J connectivity index is 1.95. The van der Waals surface area contributed by atoms with Gasteiger partial charge >= 0.3 is 0 Å². The van der Waals surface area contributed by atoms with Gasteiger partial charge in [-0.3, -0.25) is 4.79 Å². The van der Waals surface area contributed by atoms with Gasteiger partial charge in [0.2, 0.25) is 5.91 Å². The summed E-state index contributed by atoms with van der Waals surface area (Å²) in [6, 6.07) is 0. The number of nitrogens with zero attached hydrogens (tertiary/aromatic N) is 1. The molecule has 0 bridgehead atoms. The summed E-state index contributed by atoms with van der Waals surface area (Å²) in [5, 5.41) is 9.39. The molecule has 2 heterocycles. The second-order valence-corrected chi connectivity index (χ2v) is 4.44. The molecule has 0 radical (unpaired) electrons. The van der Waals surface area contributed by atoms with Crippen molar-refractivity contribution in [2.24, 2.45) is 5.92 Å². The first-order valence-corrected chi connectivity index (χ1v) is 5.80. The molecule has 4 nitrogen and oxygen atoms in total. The zero-order chi connectivity index (χ0) is 10.8. The maximum Gasteiger partial charge on any atom is 0.228 e. The van der Waals surface area contributed by atoms with Crippen molar-refractivity contribution in [3.8, 4) is 0 Å². The van der Waals surface area contributed by atoms with E-state index in [9.17, 15) is 9.90 Å². The number of aliphatic hydroxyl groups is 1. The quantitative estimate of drug-likeness (QED) is 0.722. The van der Waals surface area contributed by atoms with Crippen molar-refractivity contribution in [1.29, 1.82) is 0 Å². The van der Waals surface area contributed by atoms with Crippen LogP contribution in [0.4, 0.5) is 0 Å². The molecule has 0 aromatic carbocycles. The zero-order valence-electron chi connectivity index (χ0n) is 9.19. The minimum absolute atomic E-state index is 0.0281. The summed E-state index contributed by atoms with van der Waals surface area (Å²) in [7, 11) is 0. The fourth-order valence-electron chi connectivity index (χ4n) is 2.51. The molecule has 2 aliphatic heterocycles. The first-order chi connectivity index (χ1) is 7.22. The summed E-state index contributed by atoms with van der Waals surface area (Å²) in [4.78, 5) is 13.9. The Bertz CT molecular complexity index is 244. The van der Waals surface area contributed by atoms with Crippen molar-refractivity contribution in [3.63, 3.8) is 0 Å². The molecule has 2 aliphatic rings. The van der Waals surface area contributed by atoms with E-state index in [2.05, 4.69) is 6.92 Å². The van der Waals surface area contributed by atoms with Gasteiger partial charge in [0, 0.05) is 19.7 Å². The van der Waals surface area contributed by atoms with Crippen LogP contribution in [0.3, 0.4) is 0 Å². The summed E-state index contributed by atoms with van der Waals surface area (Å²) in [5.74, 6) is 0.205. The average molecular weight is 213 g/mol. The number of β-amino-alcohol motifs (C(OH)–C–C–N with tert-alkyl or cyclic N) is 1.